The molecule has 4 heteroatoms. The molecule has 4 nitrogen and oxygen atoms in total. The van der Waals surface area contributed by atoms with Gasteiger partial charge < -0.3 is 10.0 Å². The first-order valence-electron chi connectivity index (χ1n) is 9.76. The highest BCUT2D eigenvalue weighted by molar-refractivity contribution is 5.97. The van der Waals surface area contributed by atoms with Gasteiger partial charge in [0.25, 0.3) is 5.91 Å². The minimum atomic E-state index is -0.784. The second-order valence-electron chi connectivity index (χ2n) is 7.13. The summed E-state index contributed by atoms with van der Waals surface area (Å²) in [6.07, 6.45) is 3.19. The smallest absolute Gasteiger partial charge is 0.303 e. The molecule has 0 radical (unpaired) electrons. The van der Waals surface area contributed by atoms with Crippen LogP contribution in [0.25, 0.3) is 0 Å². The fourth-order valence-corrected chi connectivity index (χ4v) is 3.87. The van der Waals surface area contributed by atoms with Gasteiger partial charge in [0, 0.05) is 25.1 Å². The Balaban J connectivity index is 1.84. The predicted molar refractivity (Wildman–Crippen MR) is 106 cm³/mol. The van der Waals surface area contributed by atoms with Gasteiger partial charge in [-0.05, 0) is 53.5 Å². The zero-order valence-corrected chi connectivity index (χ0v) is 16.1. The van der Waals surface area contributed by atoms with Gasteiger partial charge in [0.15, 0.2) is 0 Å². The maximum atomic E-state index is 13.3. The van der Waals surface area contributed by atoms with Crippen molar-refractivity contribution in [2.75, 3.05) is 6.54 Å². The molecule has 1 aliphatic heterocycles. The van der Waals surface area contributed by atoms with E-state index in [1.54, 1.807) is 0 Å². The van der Waals surface area contributed by atoms with Crippen molar-refractivity contribution < 1.29 is 14.7 Å². The normalized spacial score (nSPS) is 13.3. The molecule has 2 aromatic rings. The second-order valence-corrected chi connectivity index (χ2v) is 7.13. The highest BCUT2D eigenvalue weighted by atomic mass is 16.4. The molecule has 1 amide bonds. The van der Waals surface area contributed by atoms with E-state index in [0.29, 0.717) is 13.0 Å². The van der Waals surface area contributed by atoms with Crippen molar-refractivity contribution in [3.63, 3.8) is 0 Å². The summed E-state index contributed by atoms with van der Waals surface area (Å²) in [4.78, 5) is 26.1. The minimum absolute atomic E-state index is 0.117. The second kappa shape index (κ2) is 8.38. The average molecular weight is 365 g/mol. The molecule has 0 atom stereocenters. The van der Waals surface area contributed by atoms with Crippen LogP contribution in [0.15, 0.2) is 36.4 Å². The number of carbonyl (C=O) groups is 2. The summed E-state index contributed by atoms with van der Waals surface area (Å²) in [6, 6.07) is 12.3. The van der Waals surface area contributed by atoms with Gasteiger partial charge in [0.1, 0.15) is 0 Å². The van der Waals surface area contributed by atoms with Crippen molar-refractivity contribution in [1.29, 1.82) is 0 Å². The number of benzene rings is 2. The number of aliphatic carboxylic acids is 1. The molecule has 0 aromatic heterocycles. The molecular formula is C23H27NO3. The van der Waals surface area contributed by atoms with Gasteiger partial charge in [-0.25, -0.2) is 0 Å². The zero-order chi connectivity index (χ0) is 19.4. The summed E-state index contributed by atoms with van der Waals surface area (Å²) in [7, 11) is 0. The molecule has 1 N–H and O–H groups in total. The van der Waals surface area contributed by atoms with Gasteiger partial charge in [-0.15, -0.1) is 0 Å². The van der Waals surface area contributed by atoms with E-state index >= 15 is 0 Å². The fourth-order valence-electron chi connectivity index (χ4n) is 3.87. The lowest BCUT2D eigenvalue weighted by Gasteiger charge is -2.30. The van der Waals surface area contributed by atoms with Crippen molar-refractivity contribution in [3.8, 4) is 0 Å². The predicted octanol–water partition coefficient (Wildman–Crippen LogP) is 4.03. The van der Waals surface area contributed by atoms with E-state index in [1.807, 2.05) is 29.2 Å². The number of carboxylic acids is 1. The van der Waals surface area contributed by atoms with Crippen LogP contribution in [0, 0.1) is 0 Å². The Kier molecular flexibility index (Phi) is 5.94. The van der Waals surface area contributed by atoms with E-state index in [0.717, 1.165) is 53.6 Å². The molecule has 0 saturated heterocycles. The van der Waals surface area contributed by atoms with Crippen molar-refractivity contribution in [3.05, 3.63) is 69.8 Å². The topological polar surface area (TPSA) is 57.6 Å². The number of hydrogen-bond donors (Lipinski definition) is 1. The summed E-state index contributed by atoms with van der Waals surface area (Å²) in [5.41, 5.74) is 6.52. The highest BCUT2D eigenvalue weighted by Crippen LogP contribution is 2.25. The van der Waals surface area contributed by atoms with Crippen LogP contribution >= 0.6 is 0 Å². The standard InChI is InChI=1S/C23H27NO3/c1-3-17-6-5-7-18(4-2)22(17)23(27)24-13-12-19-10-8-16(9-11-21(25)26)14-20(19)15-24/h5-8,10,14H,3-4,9,11-13,15H2,1-2H3,(H,25,26). The van der Waals surface area contributed by atoms with Crippen molar-refractivity contribution in [2.45, 2.75) is 52.5 Å². The van der Waals surface area contributed by atoms with Crippen molar-refractivity contribution >= 4 is 11.9 Å². The Morgan fingerprint density at radius 2 is 1.74 bits per heavy atom. The van der Waals surface area contributed by atoms with Crippen LogP contribution in [0.1, 0.15) is 58.4 Å². The molecule has 3 rings (SSSR count). The third-order valence-electron chi connectivity index (χ3n) is 5.41. The lowest BCUT2D eigenvalue weighted by molar-refractivity contribution is -0.136. The number of carboxylic acid groups (broad SMARTS) is 1. The van der Waals surface area contributed by atoms with Crippen LogP contribution in [0.5, 0.6) is 0 Å². The van der Waals surface area contributed by atoms with Gasteiger partial charge in [-0.3, -0.25) is 9.59 Å². The molecular weight excluding hydrogens is 338 g/mol. The molecule has 2 aromatic carbocycles. The number of hydrogen-bond acceptors (Lipinski definition) is 2. The molecule has 0 unspecified atom stereocenters. The Morgan fingerprint density at radius 3 is 2.37 bits per heavy atom. The van der Waals surface area contributed by atoms with Gasteiger partial charge >= 0.3 is 5.97 Å². The molecule has 142 valence electrons. The van der Waals surface area contributed by atoms with Gasteiger partial charge in [-0.1, -0.05) is 50.2 Å². The number of amides is 1. The Morgan fingerprint density at radius 1 is 1.04 bits per heavy atom. The monoisotopic (exact) mass is 365 g/mol. The summed E-state index contributed by atoms with van der Waals surface area (Å²) >= 11 is 0. The van der Waals surface area contributed by atoms with Crippen molar-refractivity contribution in [2.24, 2.45) is 0 Å². The Bertz CT molecular complexity index is 834. The molecule has 27 heavy (non-hydrogen) atoms. The number of rotatable bonds is 6. The first kappa shape index (κ1) is 19.2. The Labute approximate surface area is 160 Å². The van der Waals surface area contributed by atoms with E-state index < -0.39 is 5.97 Å². The maximum absolute atomic E-state index is 13.3. The van der Waals surface area contributed by atoms with Crippen LogP contribution in [-0.4, -0.2) is 28.4 Å². The zero-order valence-electron chi connectivity index (χ0n) is 16.1. The molecule has 1 heterocycles. The highest BCUT2D eigenvalue weighted by Gasteiger charge is 2.25. The van der Waals surface area contributed by atoms with E-state index in [4.69, 9.17) is 5.11 Å². The quantitative estimate of drug-likeness (QED) is 0.841. The summed E-state index contributed by atoms with van der Waals surface area (Å²) in [6.45, 7) is 5.50. The molecule has 0 spiro atoms. The van der Waals surface area contributed by atoms with E-state index in [2.05, 4.69) is 26.0 Å². The lowest BCUT2D eigenvalue weighted by atomic mass is 9.93. The van der Waals surface area contributed by atoms with Gasteiger partial charge in [-0.2, -0.15) is 0 Å². The van der Waals surface area contributed by atoms with Crippen LogP contribution in [0.2, 0.25) is 0 Å². The number of fused-ring (bicyclic) bond motifs is 1. The van der Waals surface area contributed by atoms with Gasteiger partial charge in [0.05, 0.1) is 0 Å². The molecule has 0 bridgehead atoms. The number of aryl methyl sites for hydroxylation is 3. The van der Waals surface area contributed by atoms with Crippen molar-refractivity contribution in [1.82, 2.24) is 4.90 Å². The number of carbonyl (C=O) groups excluding carboxylic acids is 1. The third kappa shape index (κ3) is 4.21. The minimum Gasteiger partial charge on any atom is -0.481 e. The number of nitrogens with zero attached hydrogens (tertiary/aromatic N) is 1. The summed E-state index contributed by atoms with van der Waals surface area (Å²) in [5, 5.41) is 8.90. The molecule has 0 fully saturated rings. The fraction of sp³-hybridized carbons (Fsp3) is 0.391. The molecule has 1 aliphatic rings. The van der Waals surface area contributed by atoms with E-state index in [-0.39, 0.29) is 12.3 Å². The summed E-state index contributed by atoms with van der Waals surface area (Å²) in [5.74, 6) is -0.668. The lowest BCUT2D eigenvalue weighted by Crippen LogP contribution is -2.37. The summed E-state index contributed by atoms with van der Waals surface area (Å²) < 4.78 is 0. The first-order chi connectivity index (χ1) is 13.0. The van der Waals surface area contributed by atoms with Crippen LogP contribution in [0.4, 0.5) is 0 Å². The van der Waals surface area contributed by atoms with E-state index in [1.165, 1.54) is 5.56 Å². The molecule has 0 saturated carbocycles. The van der Waals surface area contributed by atoms with Crippen LogP contribution in [0.3, 0.4) is 0 Å². The molecule has 0 aliphatic carbocycles. The third-order valence-corrected chi connectivity index (χ3v) is 5.41. The first-order valence-corrected chi connectivity index (χ1v) is 9.76. The maximum Gasteiger partial charge on any atom is 0.303 e. The SMILES string of the molecule is CCc1cccc(CC)c1C(=O)N1CCc2ccc(CCC(=O)O)cc2C1. The van der Waals surface area contributed by atoms with Gasteiger partial charge in [0.2, 0.25) is 0 Å². The largest absolute Gasteiger partial charge is 0.481 e. The van der Waals surface area contributed by atoms with Crippen LogP contribution < -0.4 is 0 Å². The van der Waals surface area contributed by atoms with E-state index in [9.17, 15) is 9.59 Å². The Hall–Kier alpha value is -2.62. The van der Waals surface area contributed by atoms with Crippen LogP contribution in [-0.2, 0) is 37.0 Å². The average Bonchev–Trinajstić information content (AvgIpc) is 2.70.